The SMILES string of the molecule is CCCCC/C=C\C/C=C\CC1OC1C/C=C\CCCC(=O)OC[C@@H](O)COC(=O)CCCCCCCCCCCCCCCCCCCC. The maximum atomic E-state index is 12.0. The summed E-state index contributed by atoms with van der Waals surface area (Å²) in [5.74, 6) is -0.630. The third-order valence-electron chi connectivity index (χ3n) is 9.53. The minimum absolute atomic E-state index is 0.135. The first-order valence-corrected chi connectivity index (χ1v) is 21.2. The van der Waals surface area contributed by atoms with Crippen LogP contribution >= 0.6 is 0 Å². The molecule has 290 valence electrons. The number of allylic oxidation sites excluding steroid dienone is 4. The molecule has 0 bridgehead atoms. The molecule has 1 aliphatic rings. The van der Waals surface area contributed by atoms with Crippen LogP contribution in [0.4, 0.5) is 0 Å². The van der Waals surface area contributed by atoms with Crippen LogP contribution in [0.2, 0.25) is 0 Å². The fourth-order valence-corrected chi connectivity index (χ4v) is 6.18. The van der Waals surface area contributed by atoms with E-state index in [9.17, 15) is 14.7 Å². The molecule has 1 N–H and O–H groups in total. The number of unbranched alkanes of at least 4 members (excludes halogenated alkanes) is 21. The minimum atomic E-state index is -0.989. The predicted octanol–water partition coefficient (Wildman–Crippen LogP) is 12.2. The van der Waals surface area contributed by atoms with E-state index in [-0.39, 0.29) is 25.2 Å². The molecule has 0 aromatic rings. The Labute approximate surface area is 308 Å². The lowest BCUT2D eigenvalue weighted by Crippen LogP contribution is -2.25. The van der Waals surface area contributed by atoms with E-state index in [1.54, 1.807) is 0 Å². The fraction of sp³-hybridized carbons (Fsp3) is 0.818. The van der Waals surface area contributed by atoms with Gasteiger partial charge in [0.25, 0.3) is 0 Å². The van der Waals surface area contributed by atoms with E-state index in [4.69, 9.17) is 14.2 Å². The zero-order valence-corrected chi connectivity index (χ0v) is 32.6. The number of ether oxygens (including phenoxy) is 3. The number of carbonyl (C=O) groups is 2. The molecule has 0 radical (unpaired) electrons. The van der Waals surface area contributed by atoms with Gasteiger partial charge in [0.1, 0.15) is 19.3 Å². The number of hydrogen-bond acceptors (Lipinski definition) is 6. The predicted molar refractivity (Wildman–Crippen MR) is 209 cm³/mol. The van der Waals surface area contributed by atoms with E-state index in [0.29, 0.717) is 31.5 Å². The summed E-state index contributed by atoms with van der Waals surface area (Å²) in [5, 5.41) is 10.0. The van der Waals surface area contributed by atoms with Crippen molar-refractivity contribution >= 4 is 11.9 Å². The van der Waals surface area contributed by atoms with Gasteiger partial charge in [-0.05, 0) is 51.4 Å². The van der Waals surface area contributed by atoms with Crippen molar-refractivity contribution in [3.8, 4) is 0 Å². The Bertz CT molecular complexity index is 865. The van der Waals surface area contributed by atoms with Crippen LogP contribution in [-0.2, 0) is 23.8 Å². The third kappa shape index (κ3) is 32.0. The molecule has 2 unspecified atom stereocenters. The molecule has 6 nitrogen and oxygen atoms in total. The van der Waals surface area contributed by atoms with Crippen molar-refractivity contribution in [2.75, 3.05) is 13.2 Å². The van der Waals surface area contributed by atoms with E-state index < -0.39 is 6.10 Å². The maximum Gasteiger partial charge on any atom is 0.305 e. The lowest BCUT2D eigenvalue weighted by molar-refractivity contribution is -0.152. The first kappa shape index (κ1) is 46.1. The Kier molecular flexibility index (Phi) is 32.7. The summed E-state index contributed by atoms with van der Waals surface area (Å²) in [5.41, 5.74) is 0. The molecule has 3 atom stereocenters. The fourth-order valence-electron chi connectivity index (χ4n) is 6.18. The van der Waals surface area contributed by atoms with Crippen LogP contribution in [0.1, 0.15) is 200 Å². The lowest BCUT2D eigenvalue weighted by Gasteiger charge is -2.12. The highest BCUT2D eigenvalue weighted by atomic mass is 16.6. The topological polar surface area (TPSA) is 85.4 Å². The van der Waals surface area contributed by atoms with E-state index in [1.807, 2.05) is 0 Å². The largest absolute Gasteiger partial charge is 0.463 e. The Morgan fingerprint density at radius 3 is 1.42 bits per heavy atom. The zero-order valence-electron chi connectivity index (χ0n) is 32.6. The van der Waals surface area contributed by atoms with Crippen LogP contribution in [0, 0.1) is 0 Å². The highest BCUT2D eigenvalue weighted by Gasteiger charge is 2.35. The molecule has 1 fully saturated rings. The molecule has 1 saturated heterocycles. The van der Waals surface area contributed by atoms with Crippen LogP contribution in [0.25, 0.3) is 0 Å². The van der Waals surface area contributed by atoms with E-state index in [1.165, 1.54) is 122 Å². The molecule has 0 amide bonds. The van der Waals surface area contributed by atoms with E-state index in [2.05, 4.69) is 50.3 Å². The van der Waals surface area contributed by atoms with Gasteiger partial charge in [-0.25, -0.2) is 0 Å². The third-order valence-corrected chi connectivity index (χ3v) is 9.53. The Morgan fingerprint density at radius 1 is 0.520 bits per heavy atom. The molecule has 0 aromatic heterocycles. The summed E-state index contributed by atoms with van der Waals surface area (Å²) in [6.45, 7) is 4.23. The highest BCUT2D eigenvalue weighted by molar-refractivity contribution is 5.69. The zero-order chi connectivity index (χ0) is 36.2. The molecule has 1 heterocycles. The normalized spacial score (nSPS) is 16.5. The number of rotatable bonds is 37. The number of hydrogen-bond donors (Lipinski definition) is 1. The smallest absolute Gasteiger partial charge is 0.305 e. The summed E-state index contributed by atoms with van der Waals surface area (Å²) >= 11 is 0. The Balaban J connectivity index is 1.84. The first-order chi connectivity index (χ1) is 24.6. The average Bonchev–Trinajstić information content (AvgIpc) is 3.87. The molecule has 0 spiro atoms. The quantitative estimate of drug-likeness (QED) is 0.0300. The molecule has 0 aliphatic carbocycles. The molecule has 1 rings (SSSR count). The molecule has 50 heavy (non-hydrogen) atoms. The van der Waals surface area contributed by atoms with Gasteiger partial charge in [0, 0.05) is 12.8 Å². The molecule has 6 heteroatoms. The number of aliphatic hydroxyl groups excluding tert-OH is 1. The van der Waals surface area contributed by atoms with Crippen molar-refractivity contribution in [1.29, 1.82) is 0 Å². The van der Waals surface area contributed by atoms with Crippen LogP contribution in [0.3, 0.4) is 0 Å². The number of aliphatic hydroxyl groups is 1. The van der Waals surface area contributed by atoms with E-state index >= 15 is 0 Å². The van der Waals surface area contributed by atoms with Gasteiger partial charge in [0.05, 0.1) is 12.2 Å². The van der Waals surface area contributed by atoms with Crippen LogP contribution < -0.4 is 0 Å². The second-order valence-electron chi connectivity index (χ2n) is 14.5. The van der Waals surface area contributed by atoms with Gasteiger partial charge in [0.2, 0.25) is 0 Å². The van der Waals surface area contributed by atoms with Crippen LogP contribution in [0.5, 0.6) is 0 Å². The van der Waals surface area contributed by atoms with Crippen LogP contribution in [-0.4, -0.2) is 48.6 Å². The standard InChI is InChI=1S/C44H78O6/c1-3-5-7-9-11-13-14-15-16-17-18-19-20-21-23-25-27-32-36-43(46)48-38-40(45)39-49-44(47)37-33-29-28-31-35-42-41(50-42)34-30-26-24-22-12-10-8-6-4-2/h12,22,26,28,30-31,40-42,45H,3-11,13-21,23-25,27,29,32-39H2,1-2H3/b22-12-,30-26-,31-28-/t40-,41?,42?/m0/s1. The van der Waals surface area contributed by atoms with Crippen molar-refractivity contribution in [3.05, 3.63) is 36.5 Å². The van der Waals surface area contributed by atoms with Gasteiger partial charge in [-0.2, -0.15) is 0 Å². The summed E-state index contributed by atoms with van der Waals surface area (Å²) in [7, 11) is 0. The van der Waals surface area contributed by atoms with Gasteiger partial charge < -0.3 is 19.3 Å². The number of carbonyl (C=O) groups excluding carboxylic acids is 2. The van der Waals surface area contributed by atoms with Gasteiger partial charge in [0.15, 0.2) is 0 Å². The average molecular weight is 703 g/mol. The van der Waals surface area contributed by atoms with E-state index in [0.717, 1.165) is 44.9 Å². The first-order valence-electron chi connectivity index (χ1n) is 21.2. The number of epoxide rings is 1. The Morgan fingerprint density at radius 2 is 0.900 bits per heavy atom. The summed E-state index contributed by atoms with van der Waals surface area (Å²) in [4.78, 5) is 24.0. The van der Waals surface area contributed by atoms with Crippen molar-refractivity contribution in [3.63, 3.8) is 0 Å². The summed E-state index contributed by atoms with van der Waals surface area (Å²) in [6.07, 6.45) is 46.6. The number of esters is 2. The monoisotopic (exact) mass is 703 g/mol. The Hall–Kier alpha value is -1.92. The van der Waals surface area contributed by atoms with Gasteiger partial charge in [-0.1, -0.05) is 172 Å². The molecule has 0 saturated carbocycles. The lowest BCUT2D eigenvalue weighted by atomic mass is 10.0. The molecular weight excluding hydrogens is 624 g/mol. The van der Waals surface area contributed by atoms with Crippen molar-refractivity contribution < 1.29 is 28.9 Å². The van der Waals surface area contributed by atoms with Crippen molar-refractivity contribution in [1.82, 2.24) is 0 Å². The van der Waals surface area contributed by atoms with Crippen molar-refractivity contribution in [2.24, 2.45) is 0 Å². The van der Waals surface area contributed by atoms with Gasteiger partial charge >= 0.3 is 11.9 Å². The summed E-state index contributed by atoms with van der Waals surface area (Å²) < 4.78 is 16.1. The van der Waals surface area contributed by atoms with Gasteiger partial charge in [-0.3, -0.25) is 9.59 Å². The second kappa shape index (κ2) is 35.5. The maximum absolute atomic E-state index is 12.0. The second-order valence-corrected chi connectivity index (χ2v) is 14.5. The minimum Gasteiger partial charge on any atom is -0.463 e. The molecular formula is C44H78O6. The summed E-state index contributed by atoms with van der Waals surface area (Å²) in [6, 6.07) is 0. The van der Waals surface area contributed by atoms with Crippen LogP contribution in [0.15, 0.2) is 36.5 Å². The molecule has 0 aromatic carbocycles. The van der Waals surface area contributed by atoms with Gasteiger partial charge in [-0.15, -0.1) is 0 Å². The molecule has 1 aliphatic heterocycles. The highest BCUT2D eigenvalue weighted by Crippen LogP contribution is 2.29. The van der Waals surface area contributed by atoms with Crippen molar-refractivity contribution in [2.45, 2.75) is 218 Å².